The van der Waals surface area contributed by atoms with Crippen molar-refractivity contribution in [1.29, 1.82) is 0 Å². The zero-order valence-electron chi connectivity index (χ0n) is 17.3. The maximum absolute atomic E-state index is 12.4. The highest BCUT2D eigenvalue weighted by molar-refractivity contribution is 6.06. The van der Waals surface area contributed by atoms with Gasteiger partial charge in [-0.15, -0.1) is 0 Å². The second-order valence-corrected chi connectivity index (χ2v) is 7.44. The molecule has 1 aromatic heterocycles. The van der Waals surface area contributed by atoms with E-state index in [1.165, 1.54) is 10.8 Å². The molecule has 5 aromatic rings. The third-order valence-corrected chi connectivity index (χ3v) is 5.37. The van der Waals surface area contributed by atoms with E-state index in [1.807, 2.05) is 66.7 Å². The minimum absolute atomic E-state index is 0.256. The number of carbonyl (C=O) groups is 1. The number of ether oxygens (including phenoxy) is 1. The summed E-state index contributed by atoms with van der Waals surface area (Å²) in [5, 5.41) is 7.35. The molecule has 0 bridgehead atoms. The van der Waals surface area contributed by atoms with Crippen LogP contribution in [0.5, 0.6) is 5.75 Å². The lowest BCUT2D eigenvalue weighted by Crippen LogP contribution is -2.17. The minimum Gasteiger partial charge on any atom is -0.489 e. The molecule has 0 aliphatic carbocycles. The van der Waals surface area contributed by atoms with Crippen molar-refractivity contribution < 1.29 is 9.53 Å². The summed E-state index contributed by atoms with van der Waals surface area (Å²) in [6.45, 7) is 0.496. The van der Waals surface area contributed by atoms with E-state index in [9.17, 15) is 4.79 Å². The average molecular weight is 419 g/mol. The molecular weight excluding hydrogens is 398 g/mol. The van der Waals surface area contributed by atoms with E-state index >= 15 is 0 Å². The van der Waals surface area contributed by atoms with Crippen LogP contribution in [0.4, 0.5) is 0 Å². The summed E-state index contributed by atoms with van der Waals surface area (Å²) >= 11 is 0. The standard InChI is InChI=1S/C27H21N3O2/c31-27(25-17-28-26-11-4-3-10-24(25)26)30-29-16-19-12-14-22(15-13-19)32-18-21-8-5-7-20-6-1-2-9-23(20)21/h1-17,28H,18H2,(H,30,31). The van der Waals surface area contributed by atoms with Crippen molar-refractivity contribution in [3.63, 3.8) is 0 Å². The van der Waals surface area contributed by atoms with Gasteiger partial charge in [-0.1, -0.05) is 60.7 Å². The van der Waals surface area contributed by atoms with Gasteiger partial charge in [-0.05, 0) is 52.2 Å². The molecule has 1 heterocycles. The third-order valence-electron chi connectivity index (χ3n) is 5.37. The average Bonchev–Trinajstić information content (AvgIpc) is 3.28. The number of hydrogen-bond donors (Lipinski definition) is 2. The fourth-order valence-electron chi connectivity index (χ4n) is 3.71. The Bertz CT molecular complexity index is 1410. The summed E-state index contributed by atoms with van der Waals surface area (Å²) in [7, 11) is 0. The summed E-state index contributed by atoms with van der Waals surface area (Å²) in [6.07, 6.45) is 3.30. The zero-order valence-corrected chi connectivity index (χ0v) is 17.3. The molecule has 0 fully saturated rings. The van der Waals surface area contributed by atoms with E-state index in [-0.39, 0.29) is 5.91 Å². The fourth-order valence-corrected chi connectivity index (χ4v) is 3.71. The van der Waals surface area contributed by atoms with Crippen LogP contribution >= 0.6 is 0 Å². The van der Waals surface area contributed by atoms with Gasteiger partial charge < -0.3 is 9.72 Å². The van der Waals surface area contributed by atoms with Crippen LogP contribution in [-0.2, 0) is 6.61 Å². The van der Waals surface area contributed by atoms with E-state index in [0.717, 1.165) is 27.8 Å². The van der Waals surface area contributed by atoms with Gasteiger partial charge in [0.2, 0.25) is 0 Å². The van der Waals surface area contributed by atoms with Gasteiger partial charge in [0.05, 0.1) is 11.8 Å². The molecule has 5 rings (SSSR count). The Kier molecular flexibility index (Phi) is 5.37. The molecule has 0 spiro atoms. The molecule has 0 atom stereocenters. The first kappa shape index (κ1) is 19.6. The highest BCUT2D eigenvalue weighted by atomic mass is 16.5. The Morgan fingerprint density at radius 3 is 2.50 bits per heavy atom. The number of aromatic amines is 1. The predicted octanol–water partition coefficient (Wildman–Crippen LogP) is 5.66. The number of para-hydroxylation sites is 1. The van der Waals surface area contributed by atoms with Gasteiger partial charge in [0.25, 0.3) is 5.91 Å². The zero-order chi connectivity index (χ0) is 21.8. The highest BCUT2D eigenvalue weighted by Gasteiger charge is 2.10. The quantitative estimate of drug-likeness (QED) is 0.275. The summed E-state index contributed by atoms with van der Waals surface area (Å²) in [6, 6.07) is 29.8. The first-order valence-corrected chi connectivity index (χ1v) is 10.4. The Labute approximate surface area is 185 Å². The molecule has 4 aromatic carbocycles. The SMILES string of the molecule is O=C(NN=Cc1ccc(OCc2cccc3ccccc23)cc1)c1c[nH]c2ccccc12. The fraction of sp³-hybridized carbons (Fsp3) is 0.0370. The Hall–Kier alpha value is -4.38. The molecule has 0 saturated heterocycles. The third kappa shape index (κ3) is 4.09. The lowest BCUT2D eigenvalue weighted by atomic mass is 10.1. The second kappa shape index (κ2) is 8.78. The molecule has 0 saturated carbocycles. The number of nitrogens with one attached hydrogen (secondary N) is 2. The van der Waals surface area contributed by atoms with E-state index in [2.05, 4.69) is 39.8 Å². The van der Waals surface area contributed by atoms with E-state index < -0.39 is 0 Å². The molecule has 5 nitrogen and oxygen atoms in total. The summed E-state index contributed by atoms with van der Waals surface area (Å²) in [5.41, 5.74) is 6.08. The number of rotatable bonds is 6. The number of fused-ring (bicyclic) bond motifs is 2. The molecule has 2 N–H and O–H groups in total. The number of hydrogen-bond acceptors (Lipinski definition) is 3. The number of amides is 1. The largest absolute Gasteiger partial charge is 0.489 e. The molecule has 1 amide bonds. The van der Waals surface area contributed by atoms with Crippen LogP contribution in [0.25, 0.3) is 21.7 Å². The molecular formula is C27H21N3O2. The van der Waals surface area contributed by atoms with Crippen LogP contribution in [-0.4, -0.2) is 17.1 Å². The van der Waals surface area contributed by atoms with E-state index in [0.29, 0.717) is 12.2 Å². The van der Waals surface area contributed by atoms with Crippen molar-refractivity contribution >= 4 is 33.8 Å². The van der Waals surface area contributed by atoms with Crippen LogP contribution in [0, 0.1) is 0 Å². The van der Waals surface area contributed by atoms with Gasteiger partial charge in [-0.3, -0.25) is 4.79 Å². The van der Waals surface area contributed by atoms with Gasteiger partial charge in [0.15, 0.2) is 0 Å². The van der Waals surface area contributed by atoms with Gasteiger partial charge in [0, 0.05) is 17.1 Å². The van der Waals surface area contributed by atoms with Crippen LogP contribution in [0.1, 0.15) is 21.5 Å². The Morgan fingerprint density at radius 1 is 0.875 bits per heavy atom. The maximum atomic E-state index is 12.4. The highest BCUT2D eigenvalue weighted by Crippen LogP contribution is 2.21. The van der Waals surface area contributed by atoms with E-state index in [4.69, 9.17) is 4.74 Å². The van der Waals surface area contributed by atoms with E-state index in [1.54, 1.807) is 12.4 Å². The Morgan fingerprint density at radius 2 is 1.62 bits per heavy atom. The van der Waals surface area contributed by atoms with Crippen LogP contribution < -0.4 is 10.2 Å². The lowest BCUT2D eigenvalue weighted by Gasteiger charge is -2.09. The summed E-state index contributed by atoms with van der Waals surface area (Å²) in [4.78, 5) is 15.5. The number of carbonyl (C=O) groups excluding carboxylic acids is 1. The van der Waals surface area contributed by atoms with Gasteiger partial charge in [0.1, 0.15) is 12.4 Å². The summed E-state index contributed by atoms with van der Waals surface area (Å²) < 4.78 is 5.97. The van der Waals surface area contributed by atoms with Crippen LogP contribution in [0.15, 0.2) is 102 Å². The first-order valence-electron chi connectivity index (χ1n) is 10.4. The predicted molar refractivity (Wildman–Crippen MR) is 128 cm³/mol. The summed E-state index contributed by atoms with van der Waals surface area (Å²) in [5.74, 6) is 0.520. The van der Waals surface area contributed by atoms with Crippen molar-refractivity contribution in [3.05, 3.63) is 114 Å². The van der Waals surface area contributed by atoms with Gasteiger partial charge in [-0.25, -0.2) is 5.43 Å². The number of H-pyrrole nitrogens is 1. The lowest BCUT2D eigenvalue weighted by molar-refractivity contribution is 0.0957. The topological polar surface area (TPSA) is 66.5 Å². The molecule has 0 aliphatic rings. The normalized spacial score (nSPS) is 11.2. The molecule has 0 aliphatic heterocycles. The molecule has 32 heavy (non-hydrogen) atoms. The van der Waals surface area contributed by atoms with Gasteiger partial charge >= 0.3 is 0 Å². The van der Waals surface area contributed by atoms with Crippen LogP contribution in [0.2, 0.25) is 0 Å². The molecule has 0 unspecified atom stereocenters. The van der Waals surface area contributed by atoms with Crippen molar-refractivity contribution in [2.45, 2.75) is 6.61 Å². The number of hydrazone groups is 1. The molecule has 156 valence electrons. The first-order chi connectivity index (χ1) is 15.8. The second-order valence-electron chi connectivity index (χ2n) is 7.44. The number of benzene rings is 4. The smallest absolute Gasteiger partial charge is 0.273 e. The Balaban J connectivity index is 1.20. The molecule has 0 radical (unpaired) electrons. The maximum Gasteiger partial charge on any atom is 0.273 e. The van der Waals surface area contributed by atoms with Crippen molar-refractivity contribution in [2.24, 2.45) is 5.10 Å². The minimum atomic E-state index is -0.256. The van der Waals surface area contributed by atoms with Crippen molar-refractivity contribution in [2.75, 3.05) is 0 Å². The van der Waals surface area contributed by atoms with Crippen molar-refractivity contribution in [3.8, 4) is 5.75 Å². The number of nitrogens with zero attached hydrogens (tertiary/aromatic N) is 1. The monoisotopic (exact) mass is 419 g/mol. The van der Waals surface area contributed by atoms with Crippen molar-refractivity contribution in [1.82, 2.24) is 10.4 Å². The number of aromatic nitrogens is 1. The van der Waals surface area contributed by atoms with Crippen LogP contribution in [0.3, 0.4) is 0 Å². The van der Waals surface area contributed by atoms with Gasteiger partial charge in [-0.2, -0.15) is 5.10 Å². The molecule has 5 heteroatoms.